The molecule has 1 aromatic rings. The van der Waals surface area contributed by atoms with E-state index in [1.807, 2.05) is 6.92 Å². The molecule has 0 aliphatic carbocycles. The molecule has 0 aliphatic heterocycles. The molecular formula is C13H20N2O4S. The van der Waals surface area contributed by atoms with E-state index in [0.717, 1.165) is 12.7 Å². The summed E-state index contributed by atoms with van der Waals surface area (Å²) in [6.45, 7) is 2.66. The van der Waals surface area contributed by atoms with E-state index in [2.05, 4.69) is 10.6 Å². The number of anilines is 1. The Hall–Kier alpha value is -1.76. The van der Waals surface area contributed by atoms with Crippen LogP contribution in [0.2, 0.25) is 0 Å². The molecule has 1 rings (SSSR count). The second-order valence-corrected chi connectivity index (χ2v) is 6.65. The molecule has 0 saturated carbocycles. The molecule has 7 heteroatoms. The highest BCUT2D eigenvalue weighted by Crippen LogP contribution is 2.17. The molecule has 0 atom stereocenters. The van der Waals surface area contributed by atoms with Gasteiger partial charge in [0.05, 0.1) is 5.75 Å². The van der Waals surface area contributed by atoms with E-state index < -0.39 is 9.84 Å². The van der Waals surface area contributed by atoms with Crippen LogP contribution in [0.1, 0.15) is 13.3 Å². The highest BCUT2D eigenvalue weighted by Gasteiger charge is 2.04. The first-order chi connectivity index (χ1) is 9.40. The molecule has 0 heterocycles. The summed E-state index contributed by atoms with van der Waals surface area (Å²) in [5.74, 6) is 0.476. The minimum Gasteiger partial charge on any atom is -0.492 e. The van der Waals surface area contributed by atoms with Gasteiger partial charge in [0.25, 0.3) is 0 Å². The minimum absolute atomic E-state index is 0.0400. The van der Waals surface area contributed by atoms with Gasteiger partial charge in [-0.3, -0.25) is 0 Å². The molecule has 0 aliphatic rings. The molecule has 0 unspecified atom stereocenters. The molecular weight excluding hydrogens is 280 g/mol. The van der Waals surface area contributed by atoms with Crippen molar-refractivity contribution in [2.45, 2.75) is 13.3 Å². The number of hydrogen-bond donors (Lipinski definition) is 2. The summed E-state index contributed by atoms with van der Waals surface area (Å²) < 4.78 is 27.3. The smallest absolute Gasteiger partial charge is 0.319 e. The van der Waals surface area contributed by atoms with Crippen LogP contribution in [0.4, 0.5) is 10.5 Å². The van der Waals surface area contributed by atoms with E-state index in [9.17, 15) is 13.2 Å². The zero-order valence-corrected chi connectivity index (χ0v) is 12.5. The average molecular weight is 300 g/mol. The van der Waals surface area contributed by atoms with Crippen LogP contribution >= 0.6 is 0 Å². The molecule has 2 N–H and O–H groups in total. The Morgan fingerprint density at radius 1 is 1.35 bits per heavy atom. The maximum atomic E-state index is 11.5. The zero-order valence-electron chi connectivity index (χ0n) is 11.7. The van der Waals surface area contributed by atoms with Crippen LogP contribution in [0.25, 0.3) is 0 Å². The number of sulfone groups is 1. The van der Waals surface area contributed by atoms with E-state index in [-0.39, 0.29) is 18.4 Å². The van der Waals surface area contributed by atoms with Crippen molar-refractivity contribution < 1.29 is 17.9 Å². The number of benzene rings is 1. The Labute approximate surface area is 119 Å². The third-order valence-corrected chi connectivity index (χ3v) is 3.26. The molecule has 0 bridgehead atoms. The predicted octanol–water partition coefficient (Wildman–Crippen LogP) is 1.64. The van der Waals surface area contributed by atoms with Crippen molar-refractivity contribution in [1.82, 2.24) is 5.32 Å². The molecule has 6 nitrogen and oxygen atoms in total. The van der Waals surface area contributed by atoms with Crippen molar-refractivity contribution in [1.29, 1.82) is 0 Å². The van der Waals surface area contributed by atoms with Crippen LogP contribution in [-0.4, -0.2) is 39.6 Å². The SMILES string of the molecule is CCCNC(=O)Nc1cccc(OCCS(C)(=O)=O)c1. The van der Waals surface area contributed by atoms with Crippen molar-refractivity contribution in [2.24, 2.45) is 0 Å². The van der Waals surface area contributed by atoms with Gasteiger partial charge in [-0.1, -0.05) is 13.0 Å². The number of hydrogen-bond acceptors (Lipinski definition) is 4. The molecule has 0 saturated heterocycles. The lowest BCUT2D eigenvalue weighted by Crippen LogP contribution is -2.29. The summed E-state index contributed by atoms with van der Waals surface area (Å²) in [6.07, 6.45) is 2.02. The van der Waals surface area contributed by atoms with E-state index in [4.69, 9.17) is 4.74 Å². The molecule has 0 aromatic heterocycles. The lowest BCUT2D eigenvalue weighted by Gasteiger charge is -2.09. The lowest BCUT2D eigenvalue weighted by atomic mass is 10.3. The van der Waals surface area contributed by atoms with Gasteiger partial charge in [0.2, 0.25) is 0 Å². The van der Waals surface area contributed by atoms with Gasteiger partial charge < -0.3 is 15.4 Å². The van der Waals surface area contributed by atoms with Gasteiger partial charge in [0, 0.05) is 24.6 Å². The first-order valence-corrected chi connectivity index (χ1v) is 8.42. The summed E-state index contributed by atoms with van der Waals surface area (Å²) in [5, 5.41) is 5.37. The van der Waals surface area contributed by atoms with Gasteiger partial charge in [-0.15, -0.1) is 0 Å². The van der Waals surface area contributed by atoms with Crippen molar-refractivity contribution in [3.05, 3.63) is 24.3 Å². The highest BCUT2D eigenvalue weighted by molar-refractivity contribution is 7.90. The Bertz CT molecular complexity index is 543. The number of ether oxygens (including phenoxy) is 1. The first kappa shape index (κ1) is 16.3. The van der Waals surface area contributed by atoms with Crippen LogP contribution < -0.4 is 15.4 Å². The molecule has 0 fully saturated rings. The molecule has 20 heavy (non-hydrogen) atoms. The third-order valence-electron chi connectivity index (χ3n) is 2.35. The van der Waals surface area contributed by atoms with Crippen LogP contribution in [-0.2, 0) is 9.84 Å². The van der Waals surface area contributed by atoms with Gasteiger partial charge >= 0.3 is 6.03 Å². The Kier molecular flexibility index (Phi) is 6.30. The summed E-state index contributed by atoms with van der Waals surface area (Å²) in [4.78, 5) is 11.5. The third kappa shape index (κ3) is 6.98. The maximum absolute atomic E-state index is 11.5. The van der Waals surface area contributed by atoms with Crippen LogP contribution in [0.3, 0.4) is 0 Å². The van der Waals surface area contributed by atoms with E-state index in [1.165, 1.54) is 0 Å². The quantitative estimate of drug-likeness (QED) is 0.801. The maximum Gasteiger partial charge on any atom is 0.319 e. The van der Waals surface area contributed by atoms with Gasteiger partial charge in [0.15, 0.2) is 9.84 Å². The Morgan fingerprint density at radius 2 is 2.10 bits per heavy atom. The summed E-state index contributed by atoms with van der Waals surface area (Å²) in [7, 11) is -3.04. The fourth-order valence-electron chi connectivity index (χ4n) is 1.39. The van der Waals surface area contributed by atoms with Crippen LogP contribution in [0.5, 0.6) is 5.75 Å². The lowest BCUT2D eigenvalue weighted by molar-refractivity contribution is 0.252. The molecule has 0 spiro atoms. The number of amides is 2. The number of rotatable bonds is 7. The fourth-order valence-corrected chi connectivity index (χ4v) is 1.77. The fraction of sp³-hybridized carbons (Fsp3) is 0.462. The van der Waals surface area contributed by atoms with Gasteiger partial charge in [-0.2, -0.15) is 0 Å². The summed E-state index contributed by atoms with van der Waals surface area (Å²) >= 11 is 0. The second kappa shape index (κ2) is 7.74. The van der Waals surface area contributed by atoms with E-state index in [1.54, 1.807) is 24.3 Å². The minimum atomic E-state index is -3.04. The number of carbonyl (C=O) groups is 1. The number of nitrogens with one attached hydrogen (secondary N) is 2. The van der Waals surface area contributed by atoms with E-state index in [0.29, 0.717) is 18.0 Å². The summed E-state index contributed by atoms with van der Waals surface area (Å²) in [5.41, 5.74) is 0.593. The van der Waals surface area contributed by atoms with Crippen molar-refractivity contribution in [3.63, 3.8) is 0 Å². The Balaban J connectivity index is 2.51. The normalized spacial score (nSPS) is 10.9. The zero-order chi connectivity index (χ0) is 15.0. The highest BCUT2D eigenvalue weighted by atomic mass is 32.2. The number of urea groups is 1. The van der Waals surface area contributed by atoms with Gasteiger partial charge in [-0.25, -0.2) is 13.2 Å². The second-order valence-electron chi connectivity index (χ2n) is 4.39. The largest absolute Gasteiger partial charge is 0.492 e. The Morgan fingerprint density at radius 3 is 2.75 bits per heavy atom. The number of carbonyl (C=O) groups excluding carboxylic acids is 1. The van der Waals surface area contributed by atoms with Gasteiger partial charge in [-0.05, 0) is 18.6 Å². The molecule has 0 radical (unpaired) electrons. The monoisotopic (exact) mass is 300 g/mol. The van der Waals surface area contributed by atoms with Crippen molar-refractivity contribution >= 4 is 21.6 Å². The van der Waals surface area contributed by atoms with E-state index >= 15 is 0 Å². The summed E-state index contributed by atoms with van der Waals surface area (Å²) in [6, 6.07) is 6.53. The predicted molar refractivity (Wildman–Crippen MR) is 79.0 cm³/mol. The van der Waals surface area contributed by atoms with Gasteiger partial charge in [0.1, 0.15) is 12.4 Å². The molecule has 2 amide bonds. The molecule has 1 aromatic carbocycles. The average Bonchev–Trinajstić information content (AvgIpc) is 2.35. The topological polar surface area (TPSA) is 84.5 Å². The first-order valence-electron chi connectivity index (χ1n) is 6.36. The standard InChI is InChI=1S/C13H20N2O4S/c1-3-7-14-13(16)15-11-5-4-6-12(10-11)19-8-9-20(2,17)18/h4-6,10H,3,7-9H2,1-2H3,(H2,14,15,16). The van der Waals surface area contributed by atoms with Crippen molar-refractivity contribution in [3.8, 4) is 5.75 Å². The van der Waals surface area contributed by atoms with Crippen LogP contribution in [0, 0.1) is 0 Å². The molecule has 112 valence electrons. The van der Waals surface area contributed by atoms with Crippen molar-refractivity contribution in [2.75, 3.05) is 30.5 Å². The van der Waals surface area contributed by atoms with Crippen LogP contribution in [0.15, 0.2) is 24.3 Å².